The first-order valence-electron chi connectivity index (χ1n) is 9.45. The molecule has 1 aliphatic rings. The number of fused-ring (bicyclic) bond motifs is 1. The molecule has 3 aromatic rings. The molecule has 0 spiro atoms. The van der Waals surface area contributed by atoms with Crippen LogP contribution in [0.3, 0.4) is 0 Å². The van der Waals surface area contributed by atoms with Gasteiger partial charge in [-0.05, 0) is 42.2 Å². The van der Waals surface area contributed by atoms with E-state index in [1.54, 1.807) is 6.20 Å². The third kappa shape index (κ3) is 3.48. The van der Waals surface area contributed by atoms with Crippen LogP contribution in [0.2, 0.25) is 5.02 Å². The summed E-state index contributed by atoms with van der Waals surface area (Å²) >= 11 is 6.33. The van der Waals surface area contributed by atoms with Crippen LogP contribution in [0.4, 0.5) is 11.8 Å². The Kier molecular flexibility index (Phi) is 4.50. The molecule has 0 saturated carbocycles. The van der Waals surface area contributed by atoms with Gasteiger partial charge < -0.3 is 14.8 Å². The summed E-state index contributed by atoms with van der Waals surface area (Å²) < 4.78 is 0. The molecule has 1 N–H and O–H groups in total. The molecule has 1 aliphatic heterocycles. The van der Waals surface area contributed by atoms with Gasteiger partial charge in [0.05, 0.1) is 16.1 Å². The van der Waals surface area contributed by atoms with E-state index in [1.165, 1.54) is 5.56 Å². The standard InChI is InChI=1S/C21H26ClN5/c1-14-13-26(19-16(22)6-5-9-23-19)10-11-27(14)20-24-17-8-7-15(21(2,3)4)12-18(17)25-20/h5-9,12,14H,10-11,13H2,1-4H3,(H,24,25)/t14-/m0/s1. The van der Waals surface area contributed by atoms with E-state index in [0.29, 0.717) is 11.1 Å². The van der Waals surface area contributed by atoms with Crippen LogP contribution in [0.25, 0.3) is 11.0 Å². The van der Waals surface area contributed by atoms with Gasteiger partial charge in [-0.3, -0.25) is 0 Å². The molecule has 1 fully saturated rings. The summed E-state index contributed by atoms with van der Waals surface area (Å²) in [7, 11) is 0. The number of aromatic amines is 1. The first-order chi connectivity index (χ1) is 12.8. The van der Waals surface area contributed by atoms with E-state index in [0.717, 1.165) is 42.4 Å². The second-order valence-corrected chi connectivity index (χ2v) is 8.75. The summed E-state index contributed by atoms with van der Waals surface area (Å²) in [6.07, 6.45) is 1.80. The number of halogens is 1. The average molecular weight is 384 g/mol. The summed E-state index contributed by atoms with van der Waals surface area (Å²) in [6, 6.07) is 10.6. The number of nitrogens with one attached hydrogen (secondary N) is 1. The van der Waals surface area contributed by atoms with Crippen LogP contribution in [-0.4, -0.2) is 40.6 Å². The second kappa shape index (κ2) is 6.71. The van der Waals surface area contributed by atoms with Crippen molar-refractivity contribution in [2.75, 3.05) is 29.4 Å². The lowest BCUT2D eigenvalue weighted by Gasteiger charge is -2.40. The Morgan fingerprint density at radius 3 is 2.70 bits per heavy atom. The minimum absolute atomic E-state index is 0.125. The van der Waals surface area contributed by atoms with Gasteiger partial charge in [-0.1, -0.05) is 38.4 Å². The number of aromatic nitrogens is 3. The smallest absolute Gasteiger partial charge is 0.204 e. The van der Waals surface area contributed by atoms with Crippen molar-refractivity contribution >= 4 is 34.4 Å². The number of H-pyrrole nitrogens is 1. The van der Waals surface area contributed by atoms with Crippen LogP contribution in [0, 0.1) is 0 Å². The van der Waals surface area contributed by atoms with E-state index in [4.69, 9.17) is 16.6 Å². The Morgan fingerprint density at radius 1 is 1.19 bits per heavy atom. The average Bonchev–Trinajstić information content (AvgIpc) is 3.04. The molecule has 0 aliphatic carbocycles. The zero-order valence-electron chi connectivity index (χ0n) is 16.3. The number of rotatable bonds is 2. The quantitative estimate of drug-likeness (QED) is 0.701. The summed E-state index contributed by atoms with van der Waals surface area (Å²) in [4.78, 5) is 17.4. The van der Waals surface area contributed by atoms with E-state index >= 15 is 0 Å². The van der Waals surface area contributed by atoms with Gasteiger partial charge in [-0.15, -0.1) is 0 Å². The van der Waals surface area contributed by atoms with E-state index in [-0.39, 0.29) is 5.41 Å². The molecule has 6 heteroatoms. The molecule has 4 rings (SSSR count). The SMILES string of the molecule is C[C@H]1CN(c2ncccc2Cl)CCN1c1nc2ccc(C(C)(C)C)cc2[nH]1. The van der Waals surface area contributed by atoms with Gasteiger partial charge in [-0.25, -0.2) is 9.97 Å². The van der Waals surface area contributed by atoms with Crippen molar-refractivity contribution in [3.63, 3.8) is 0 Å². The number of hydrogen-bond acceptors (Lipinski definition) is 4. The minimum Gasteiger partial charge on any atom is -0.352 e. The van der Waals surface area contributed by atoms with Gasteiger partial charge in [0.15, 0.2) is 0 Å². The third-order valence-electron chi connectivity index (χ3n) is 5.27. The Balaban J connectivity index is 1.57. The number of piperazine rings is 1. The number of hydrogen-bond donors (Lipinski definition) is 1. The lowest BCUT2D eigenvalue weighted by atomic mass is 9.87. The monoisotopic (exact) mass is 383 g/mol. The van der Waals surface area contributed by atoms with Crippen LogP contribution in [0.5, 0.6) is 0 Å². The Labute approximate surface area is 165 Å². The van der Waals surface area contributed by atoms with Crippen LogP contribution >= 0.6 is 11.6 Å². The van der Waals surface area contributed by atoms with Crippen LogP contribution in [0.15, 0.2) is 36.5 Å². The topological polar surface area (TPSA) is 48.1 Å². The maximum Gasteiger partial charge on any atom is 0.204 e. The molecule has 0 unspecified atom stereocenters. The highest BCUT2D eigenvalue weighted by atomic mass is 35.5. The van der Waals surface area contributed by atoms with Gasteiger partial charge in [0.1, 0.15) is 5.82 Å². The third-order valence-corrected chi connectivity index (χ3v) is 5.57. The van der Waals surface area contributed by atoms with Crippen LogP contribution < -0.4 is 9.80 Å². The van der Waals surface area contributed by atoms with Gasteiger partial charge in [0.25, 0.3) is 0 Å². The highest BCUT2D eigenvalue weighted by Crippen LogP contribution is 2.29. The van der Waals surface area contributed by atoms with Gasteiger partial charge in [0.2, 0.25) is 5.95 Å². The number of pyridine rings is 1. The molecule has 142 valence electrons. The van der Waals surface area contributed by atoms with Crippen molar-refractivity contribution in [3.8, 4) is 0 Å². The predicted molar refractivity (Wildman–Crippen MR) is 113 cm³/mol. The van der Waals surface area contributed by atoms with Crippen molar-refractivity contribution in [2.45, 2.75) is 39.2 Å². The summed E-state index contributed by atoms with van der Waals surface area (Å²) in [5.74, 6) is 1.81. The Bertz CT molecular complexity index is 959. The first kappa shape index (κ1) is 18.1. The van der Waals surface area contributed by atoms with E-state index < -0.39 is 0 Å². The molecule has 5 nitrogen and oxygen atoms in total. The number of imidazole rings is 1. The van der Waals surface area contributed by atoms with Crippen molar-refractivity contribution in [1.29, 1.82) is 0 Å². The van der Waals surface area contributed by atoms with Gasteiger partial charge in [-0.2, -0.15) is 0 Å². The van der Waals surface area contributed by atoms with Gasteiger partial charge in [0, 0.05) is 31.9 Å². The normalized spacial score (nSPS) is 18.3. The van der Waals surface area contributed by atoms with E-state index in [1.807, 2.05) is 12.1 Å². The second-order valence-electron chi connectivity index (χ2n) is 8.34. The fraction of sp³-hybridized carbons (Fsp3) is 0.429. The minimum atomic E-state index is 0.125. The number of anilines is 2. The molecular weight excluding hydrogens is 358 g/mol. The maximum atomic E-state index is 6.33. The summed E-state index contributed by atoms with van der Waals surface area (Å²) in [6.45, 7) is 11.5. The summed E-state index contributed by atoms with van der Waals surface area (Å²) in [5, 5.41) is 0.705. The fourth-order valence-corrected chi connectivity index (χ4v) is 3.91. The molecule has 1 aromatic carbocycles. The molecule has 2 aromatic heterocycles. The van der Waals surface area contributed by atoms with Crippen molar-refractivity contribution in [2.24, 2.45) is 0 Å². The van der Waals surface area contributed by atoms with Gasteiger partial charge >= 0.3 is 0 Å². The molecule has 0 bridgehead atoms. The highest BCUT2D eigenvalue weighted by Gasteiger charge is 2.27. The molecular formula is C21H26ClN5. The number of nitrogens with zero attached hydrogens (tertiary/aromatic N) is 4. The zero-order chi connectivity index (χ0) is 19.2. The maximum absolute atomic E-state index is 6.33. The van der Waals surface area contributed by atoms with Crippen molar-refractivity contribution in [3.05, 3.63) is 47.1 Å². The zero-order valence-corrected chi connectivity index (χ0v) is 17.1. The molecule has 3 heterocycles. The molecule has 0 radical (unpaired) electrons. The fourth-order valence-electron chi connectivity index (χ4n) is 3.67. The molecule has 27 heavy (non-hydrogen) atoms. The Morgan fingerprint density at radius 2 is 2.00 bits per heavy atom. The highest BCUT2D eigenvalue weighted by molar-refractivity contribution is 6.32. The van der Waals surface area contributed by atoms with Crippen molar-refractivity contribution in [1.82, 2.24) is 15.0 Å². The van der Waals surface area contributed by atoms with Crippen LogP contribution in [-0.2, 0) is 5.41 Å². The lowest BCUT2D eigenvalue weighted by Crippen LogP contribution is -2.52. The predicted octanol–water partition coefficient (Wildman–Crippen LogP) is 4.62. The lowest BCUT2D eigenvalue weighted by molar-refractivity contribution is 0.539. The van der Waals surface area contributed by atoms with Crippen molar-refractivity contribution < 1.29 is 0 Å². The largest absolute Gasteiger partial charge is 0.352 e. The van der Waals surface area contributed by atoms with Crippen LogP contribution in [0.1, 0.15) is 33.3 Å². The molecule has 1 saturated heterocycles. The molecule has 1 atom stereocenters. The summed E-state index contributed by atoms with van der Waals surface area (Å²) in [5.41, 5.74) is 3.55. The molecule has 0 amide bonds. The van der Waals surface area contributed by atoms with E-state index in [2.05, 4.69) is 65.7 Å². The Hall–Kier alpha value is -2.27. The number of benzene rings is 1. The van der Waals surface area contributed by atoms with E-state index in [9.17, 15) is 0 Å². The first-order valence-corrected chi connectivity index (χ1v) is 9.83.